The average Bonchev–Trinajstić information content (AvgIpc) is 2.68. The second kappa shape index (κ2) is 5.86. The van der Waals surface area contributed by atoms with Crippen LogP contribution in [-0.4, -0.2) is 30.0 Å². The van der Waals surface area contributed by atoms with Gasteiger partial charge in [0.1, 0.15) is 5.75 Å². The van der Waals surface area contributed by atoms with Crippen LogP contribution in [0.25, 0.3) is 0 Å². The van der Waals surface area contributed by atoms with Gasteiger partial charge >= 0.3 is 0 Å². The van der Waals surface area contributed by atoms with E-state index in [9.17, 15) is 4.79 Å². The zero-order valence-electron chi connectivity index (χ0n) is 13.9. The molecule has 3 nitrogen and oxygen atoms in total. The molecule has 1 aromatic carbocycles. The number of nitrogens with zero attached hydrogens (tertiary/aromatic N) is 1. The number of likely N-dealkylation sites (tertiary alicyclic amines) is 1. The molecule has 2 atom stereocenters. The van der Waals surface area contributed by atoms with Crippen LogP contribution in [0.4, 0.5) is 0 Å². The summed E-state index contributed by atoms with van der Waals surface area (Å²) in [6, 6.07) is 5.35. The van der Waals surface area contributed by atoms with Gasteiger partial charge < -0.3 is 9.64 Å². The van der Waals surface area contributed by atoms with Crippen molar-refractivity contribution in [3.8, 4) is 5.75 Å². The van der Waals surface area contributed by atoms with Crippen molar-refractivity contribution in [1.29, 1.82) is 0 Å². The molecular weight excluding hydrogens is 333 g/mol. The van der Waals surface area contributed by atoms with Crippen molar-refractivity contribution in [2.75, 3.05) is 13.2 Å². The highest BCUT2D eigenvalue weighted by Crippen LogP contribution is 2.52. The van der Waals surface area contributed by atoms with E-state index in [1.165, 1.54) is 6.42 Å². The maximum atomic E-state index is 12.6. The highest BCUT2D eigenvalue weighted by Gasteiger charge is 2.50. The Morgan fingerprint density at radius 3 is 2.78 bits per heavy atom. The number of rotatable bonds is 3. The molecule has 1 saturated carbocycles. The number of halogens is 2. The molecule has 1 aliphatic carbocycles. The predicted octanol–water partition coefficient (Wildman–Crippen LogP) is 4.80. The Kier molecular flexibility index (Phi) is 4.31. The van der Waals surface area contributed by atoms with E-state index >= 15 is 0 Å². The molecular formula is C18H23Cl2NO2. The fourth-order valence-corrected chi connectivity index (χ4v) is 4.90. The van der Waals surface area contributed by atoms with Gasteiger partial charge in [-0.25, -0.2) is 0 Å². The van der Waals surface area contributed by atoms with Crippen molar-refractivity contribution < 1.29 is 9.53 Å². The lowest BCUT2D eigenvalue weighted by Gasteiger charge is -2.39. The molecule has 23 heavy (non-hydrogen) atoms. The van der Waals surface area contributed by atoms with Crippen LogP contribution in [0.5, 0.6) is 5.75 Å². The molecule has 2 aliphatic rings. The van der Waals surface area contributed by atoms with Crippen LogP contribution in [0.3, 0.4) is 0 Å². The van der Waals surface area contributed by atoms with E-state index in [1.807, 2.05) is 4.90 Å². The van der Waals surface area contributed by atoms with E-state index in [2.05, 4.69) is 20.8 Å². The van der Waals surface area contributed by atoms with Crippen molar-refractivity contribution in [3.63, 3.8) is 0 Å². The Morgan fingerprint density at radius 2 is 2.04 bits per heavy atom. The summed E-state index contributed by atoms with van der Waals surface area (Å²) >= 11 is 12.0. The molecule has 0 N–H and O–H groups in total. The van der Waals surface area contributed by atoms with Crippen LogP contribution < -0.4 is 4.74 Å². The van der Waals surface area contributed by atoms with Crippen molar-refractivity contribution >= 4 is 29.1 Å². The molecule has 0 unspecified atom stereocenters. The quantitative estimate of drug-likeness (QED) is 0.779. The molecule has 0 spiro atoms. The largest absolute Gasteiger partial charge is 0.482 e. The monoisotopic (exact) mass is 355 g/mol. The highest BCUT2D eigenvalue weighted by molar-refractivity contribution is 6.34. The lowest BCUT2D eigenvalue weighted by molar-refractivity contribution is -0.134. The van der Waals surface area contributed by atoms with Crippen LogP contribution >= 0.6 is 23.2 Å². The Bertz CT molecular complexity index is 631. The van der Waals surface area contributed by atoms with Gasteiger partial charge in [-0.3, -0.25) is 4.79 Å². The van der Waals surface area contributed by atoms with Gasteiger partial charge in [-0.1, -0.05) is 44.0 Å². The normalized spacial score (nSPS) is 28.7. The number of fused-ring (bicyclic) bond motifs is 2. The van der Waals surface area contributed by atoms with E-state index in [-0.39, 0.29) is 17.9 Å². The number of ether oxygens (including phenoxy) is 1. The van der Waals surface area contributed by atoms with Crippen LogP contribution in [0.1, 0.15) is 40.0 Å². The molecule has 0 aromatic heterocycles. The average molecular weight is 356 g/mol. The van der Waals surface area contributed by atoms with E-state index in [0.29, 0.717) is 27.3 Å². The standard InChI is InChI=1S/C18H23Cl2NO2/c1-17(2)7-13-8-18(3,10-17)11-21(13)16(22)9-23-15-6-12(19)4-5-14(15)20/h4-6,13H,7-11H2,1-3H3/t13-,18-/m1/s1. The first-order valence-corrected chi connectivity index (χ1v) is 8.80. The van der Waals surface area contributed by atoms with E-state index in [1.54, 1.807) is 18.2 Å². The third kappa shape index (κ3) is 3.61. The molecule has 2 bridgehead atoms. The molecule has 0 radical (unpaired) electrons. The van der Waals surface area contributed by atoms with Gasteiger partial charge in [0.2, 0.25) is 0 Å². The Hall–Kier alpha value is -0.930. The SMILES string of the molecule is CC1(C)C[C@@H]2C[C@@](C)(CN2C(=O)COc2cc(Cl)ccc2Cl)C1. The first-order valence-electron chi connectivity index (χ1n) is 8.05. The van der Waals surface area contributed by atoms with Gasteiger partial charge in [-0.2, -0.15) is 0 Å². The molecule has 1 aromatic rings. The van der Waals surface area contributed by atoms with Crippen molar-refractivity contribution in [1.82, 2.24) is 4.90 Å². The molecule has 3 rings (SSSR count). The molecule has 126 valence electrons. The Morgan fingerprint density at radius 1 is 1.30 bits per heavy atom. The van der Waals surface area contributed by atoms with Crippen LogP contribution in [0.15, 0.2) is 18.2 Å². The third-order valence-electron chi connectivity index (χ3n) is 4.98. The highest BCUT2D eigenvalue weighted by atomic mass is 35.5. The topological polar surface area (TPSA) is 29.5 Å². The summed E-state index contributed by atoms with van der Waals surface area (Å²) in [6.45, 7) is 7.73. The fourth-order valence-electron chi connectivity index (χ4n) is 4.56. The molecule has 1 heterocycles. The Balaban J connectivity index is 1.66. The second-order valence-corrected chi connectivity index (χ2v) is 8.94. The lowest BCUT2D eigenvalue weighted by atomic mass is 9.65. The molecule has 5 heteroatoms. The van der Waals surface area contributed by atoms with Crippen molar-refractivity contribution in [2.45, 2.75) is 46.1 Å². The maximum Gasteiger partial charge on any atom is 0.260 e. The summed E-state index contributed by atoms with van der Waals surface area (Å²) in [6.07, 6.45) is 3.33. The smallest absolute Gasteiger partial charge is 0.260 e. The van der Waals surface area contributed by atoms with E-state index in [4.69, 9.17) is 27.9 Å². The van der Waals surface area contributed by atoms with Gasteiger partial charge in [0.25, 0.3) is 5.91 Å². The first kappa shape index (κ1) is 16.9. The summed E-state index contributed by atoms with van der Waals surface area (Å²) in [7, 11) is 0. The minimum absolute atomic E-state index is 0.00701. The van der Waals surface area contributed by atoms with E-state index in [0.717, 1.165) is 19.4 Å². The van der Waals surface area contributed by atoms with Gasteiger partial charge in [0.05, 0.1) is 5.02 Å². The van der Waals surface area contributed by atoms with Crippen LogP contribution in [-0.2, 0) is 4.79 Å². The number of hydrogen-bond donors (Lipinski definition) is 0. The number of hydrogen-bond acceptors (Lipinski definition) is 2. The van der Waals surface area contributed by atoms with Gasteiger partial charge in [-0.05, 0) is 42.2 Å². The van der Waals surface area contributed by atoms with Crippen molar-refractivity contribution in [3.05, 3.63) is 28.2 Å². The zero-order chi connectivity index (χ0) is 16.8. The van der Waals surface area contributed by atoms with Crippen molar-refractivity contribution in [2.24, 2.45) is 10.8 Å². The maximum absolute atomic E-state index is 12.6. The van der Waals surface area contributed by atoms with E-state index < -0.39 is 0 Å². The molecule has 2 fully saturated rings. The zero-order valence-corrected chi connectivity index (χ0v) is 15.4. The van der Waals surface area contributed by atoms with Gasteiger partial charge in [0, 0.05) is 23.7 Å². The summed E-state index contributed by atoms with van der Waals surface area (Å²) in [5.74, 6) is 0.494. The summed E-state index contributed by atoms with van der Waals surface area (Å²) in [4.78, 5) is 14.6. The minimum atomic E-state index is 0.00701. The van der Waals surface area contributed by atoms with Crippen LogP contribution in [0, 0.1) is 10.8 Å². The molecule has 1 aliphatic heterocycles. The van der Waals surface area contributed by atoms with Gasteiger partial charge in [-0.15, -0.1) is 0 Å². The first-order chi connectivity index (χ1) is 10.7. The number of benzene rings is 1. The minimum Gasteiger partial charge on any atom is -0.482 e. The fraction of sp³-hybridized carbons (Fsp3) is 0.611. The predicted molar refractivity (Wildman–Crippen MR) is 93.2 cm³/mol. The van der Waals surface area contributed by atoms with Gasteiger partial charge in [0.15, 0.2) is 6.61 Å². The number of carbonyl (C=O) groups is 1. The summed E-state index contributed by atoms with van der Waals surface area (Å²) in [5, 5.41) is 1.01. The van der Waals surface area contributed by atoms with Crippen LogP contribution in [0.2, 0.25) is 10.0 Å². The summed E-state index contributed by atoms with van der Waals surface area (Å²) < 4.78 is 5.62. The summed E-state index contributed by atoms with van der Waals surface area (Å²) in [5.41, 5.74) is 0.527. The Labute approximate surface area is 147 Å². The lowest BCUT2D eigenvalue weighted by Crippen LogP contribution is -2.40. The second-order valence-electron chi connectivity index (χ2n) is 8.10. The number of amides is 1. The third-order valence-corrected chi connectivity index (χ3v) is 5.53. The number of carbonyl (C=O) groups excluding carboxylic acids is 1. The molecule has 1 saturated heterocycles. The molecule has 1 amide bonds.